The summed E-state index contributed by atoms with van der Waals surface area (Å²) in [6.07, 6.45) is 0. The van der Waals surface area contributed by atoms with Crippen molar-refractivity contribution in [3.63, 3.8) is 0 Å². The minimum absolute atomic E-state index is 0.518. The van der Waals surface area contributed by atoms with Gasteiger partial charge in [-0.3, -0.25) is 0 Å². The van der Waals surface area contributed by atoms with Crippen molar-refractivity contribution in [1.82, 2.24) is 0 Å². The average Bonchev–Trinajstić information content (AvgIpc) is 3.00. The second-order valence-electron chi connectivity index (χ2n) is 11.1. The van der Waals surface area contributed by atoms with Crippen molar-refractivity contribution in [2.75, 3.05) is 0 Å². The van der Waals surface area contributed by atoms with Gasteiger partial charge in [0.25, 0.3) is 0 Å². The van der Waals surface area contributed by atoms with E-state index in [1.165, 1.54) is 81.1 Å². The molecule has 0 nitrogen and oxygen atoms in total. The van der Waals surface area contributed by atoms with Gasteiger partial charge in [0.05, 0.1) is 0 Å². The molecule has 7 aromatic rings. The predicted octanol–water partition coefficient (Wildman–Crippen LogP) is 11.7. The summed E-state index contributed by atoms with van der Waals surface area (Å²) in [5, 5.41) is 7.87. The summed E-state index contributed by atoms with van der Waals surface area (Å²) >= 11 is 1.89. The Kier molecular flexibility index (Phi) is 5.37. The summed E-state index contributed by atoms with van der Waals surface area (Å²) in [5.41, 5.74) is 9.20. The Morgan fingerprint density at radius 1 is 0.475 bits per heavy atom. The normalized spacial score (nSPS) is 12.4. The highest BCUT2D eigenvalue weighted by atomic mass is 32.2. The van der Waals surface area contributed by atoms with E-state index in [4.69, 9.17) is 0 Å². The molecule has 1 heterocycles. The zero-order valence-corrected chi connectivity index (χ0v) is 23.4. The summed E-state index contributed by atoms with van der Waals surface area (Å²) in [6.45, 7) is 4.51. The molecule has 0 saturated heterocycles. The third-order valence-corrected chi connectivity index (χ3v) is 9.58. The van der Waals surface area contributed by atoms with Crippen LogP contribution in [0.3, 0.4) is 0 Å². The third kappa shape index (κ3) is 3.55. The number of rotatable bonds is 3. The van der Waals surface area contributed by atoms with E-state index in [-0.39, 0.29) is 0 Å². The predicted molar refractivity (Wildman–Crippen MR) is 173 cm³/mol. The smallest absolute Gasteiger partial charge is 0.0207 e. The lowest BCUT2D eigenvalue weighted by molar-refractivity contribution is 0.867. The first-order valence-corrected chi connectivity index (χ1v) is 14.9. The van der Waals surface area contributed by atoms with E-state index >= 15 is 0 Å². The number of hydrogen-bond acceptors (Lipinski definition) is 1. The molecule has 0 aromatic heterocycles. The SMILES string of the molecule is CC(C)c1ccc(-c2c3ccccc3c(-c3ccc4c(c3)-c3cccc5cccc(c35)S4)c3ccccc23)cc1. The van der Waals surface area contributed by atoms with Crippen molar-refractivity contribution in [2.24, 2.45) is 0 Å². The Hall–Kier alpha value is -4.33. The minimum atomic E-state index is 0.518. The molecule has 190 valence electrons. The second kappa shape index (κ2) is 9.11. The average molecular weight is 529 g/mol. The minimum Gasteiger partial charge on any atom is -0.0888 e. The highest BCUT2D eigenvalue weighted by molar-refractivity contribution is 7.99. The van der Waals surface area contributed by atoms with Gasteiger partial charge in [0.2, 0.25) is 0 Å². The Labute approximate surface area is 239 Å². The summed E-state index contributed by atoms with van der Waals surface area (Å²) < 4.78 is 0. The molecule has 0 radical (unpaired) electrons. The van der Waals surface area contributed by atoms with Gasteiger partial charge in [0.15, 0.2) is 0 Å². The number of hydrogen-bond donors (Lipinski definition) is 0. The molecule has 0 amide bonds. The highest BCUT2D eigenvalue weighted by Crippen LogP contribution is 2.50. The Morgan fingerprint density at radius 3 is 1.68 bits per heavy atom. The number of fused-ring (bicyclic) bond motifs is 4. The van der Waals surface area contributed by atoms with Crippen molar-refractivity contribution < 1.29 is 0 Å². The van der Waals surface area contributed by atoms with Crippen LogP contribution in [-0.2, 0) is 0 Å². The number of benzene rings is 7. The molecule has 0 spiro atoms. The van der Waals surface area contributed by atoms with Gasteiger partial charge in [-0.15, -0.1) is 0 Å². The van der Waals surface area contributed by atoms with Gasteiger partial charge in [-0.1, -0.05) is 135 Å². The van der Waals surface area contributed by atoms with Crippen LogP contribution in [0.5, 0.6) is 0 Å². The van der Waals surface area contributed by atoms with Crippen LogP contribution in [0.25, 0.3) is 65.7 Å². The molecule has 0 bridgehead atoms. The largest absolute Gasteiger partial charge is 0.0888 e. The topological polar surface area (TPSA) is 0 Å². The fraction of sp³-hybridized carbons (Fsp3) is 0.0769. The lowest BCUT2D eigenvalue weighted by Crippen LogP contribution is -1.95. The maximum absolute atomic E-state index is 2.43. The van der Waals surface area contributed by atoms with Crippen LogP contribution < -0.4 is 0 Å². The van der Waals surface area contributed by atoms with Gasteiger partial charge in [0.1, 0.15) is 0 Å². The van der Waals surface area contributed by atoms with Crippen LogP contribution in [-0.4, -0.2) is 0 Å². The van der Waals surface area contributed by atoms with Crippen molar-refractivity contribution in [3.8, 4) is 33.4 Å². The molecule has 7 aromatic carbocycles. The molecule has 1 heteroatoms. The highest BCUT2D eigenvalue weighted by Gasteiger charge is 2.21. The molecule has 0 aliphatic carbocycles. The summed E-state index contributed by atoms with van der Waals surface area (Å²) in [7, 11) is 0. The molecule has 1 aliphatic heterocycles. The van der Waals surface area contributed by atoms with Crippen LogP contribution in [0.15, 0.2) is 137 Å². The third-order valence-electron chi connectivity index (χ3n) is 8.44. The lowest BCUT2D eigenvalue weighted by Gasteiger charge is -2.22. The van der Waals surface area contributed by atoms with Crippen molar-refractivity contribution in [2.45, 2.75) is 29.6 Å². The maximum atomic E-state index is 2.43. The molecule has 0 atom stereocenters. The first-order chi connectivity index (χ1) is 19.7. The molecule has 40 heavy (non-hydrogen) atoms. The van der Waals surface area contributed by atoms with Crippen LogP contribution in [0.4, 0.5) is 0 Å². The van der Waals surface area contributed by atoms with Gasteiger partial charge in [-0.2, -0.15) is 0 Å². The van der Waals surface area contributed by atoms with Crippen LogP contribution in [0.2, 0.25) is 0 Å². The van der Waals surface area contributed by atoms with Crippen LogP contribution in [0, 0.1) is 0 Å². The zero-order chi connectivity index (χ0) is 26.8. The standard InChI is InChI=1S/C39H28S/c1-24(2)25-17-19-27(20-18-25)37-29-11-3-5-13-31(29)38(32-14-6-4-12-30(32)37)28-21-22-35-34(23-28)33-15-7-9-26-10-8-16-36(40-35)39(26)33/h3-24H,1-2H3. The van der Waals surface area contributed by atoms with Crippen molar-refractivity contribution in [3.05, 3.63) is 133 Å². The zero-order valence-electron chi connectivity index (χ0n) is 22.6. The van der Waals surface area contributed by atoms with E-state index < -0.39 is 0 Å². The van der Waals surface area contributed by atoms with E-state index in [1.807, 2.05) is 11.8 Å². The lowest BCUT2D eigenvalue weighted by atomic mass is 9.85. The molecular weight excluding hydrogens is 500 g/mol. The van der Waals surface area contributed by atoms with E-state index in [2.05, 4.69) is 141 Å². The van der Waals surface area contributed by atoms with Crippen molar-refractivity contribution in [1.29, 1.82) is 0 Å². The Bertz CT molecular complexity index is 2040. The van der Waals surface area contributed by atoms with Gasteiger partial charge >= 0.3 is 0 Å². The van der Waals surface area contributed by atoms with Crippen molar-refractivity contribution >= 4 is 44.1 Å². The molecule has 0 saturated carbocycles. The van der Waals surface area contributed by atoms with E-state index in [0.29, 0.717) is 5.92 Å². The van der Waals surface area contributed by atoms with Gasteiger partial charge in [0, 0.05) is 15.2 Å². The monoisotopic (exact) mass is 528 g/mol. The molecule has 0 fully saturated rings. The van der Waals surface area contributed by atoms with E-state index in [1.54, 1.807) is 0 Å². The van der Waals surface area contributed by atoms with Gasteiger partial charge in [-0.25, -0.2) is 0 Å². The summed E-state index contributed by atoms with van der Waals surface area (Å²) in [6, 6.07) is 47.5. The Balaban J connectivity index is 1.41. The van der Waals surface area contributed by atoms with Crippen LogP contribution >= 0.6 is 11.8 Å². The molecule has 0 unspecified atom stereocenters. The summed E-state index contributed by atoms with van der Waals surface area (Å²) in [4.78, 5) is 2.67. The van der Waals surface area contributed by atoms with Gasteiger partial charge < -0.3 is 0 Å². The van der Waals surface area contributed by atoms with Crippen LogP contribution in [0.1, 0.15) is 25.3 Å². The van der Waals surface area contributed by atoms with Gasteiger partial charge in [-0.05, 0) is 90.0 Å². The molecule has 1 aliphatic rings. The molecular formula is C39H28S. The van der Waals surface area contributed by atoms with E-state index in [9.17, 15) is 0 Å². The second-order valence-corrected chi connectivity index (χ2v) is 12.2. The van der Waals surface area contributed by atoms with E-state index in [0.717, 1.165) is 0 Å². The first-order valence-electron chi connectivity index (χ1n) is 14.1. The molecule has 8 rings (SSSR count). The fourth-order valence-electron chi connectivity index (χ4n) is 6.50. The summed E-state index contributed by atoms with van der Waals surface area (Å²) in [5.74, 6) is 0.518. The quantitative estimate of drug-likeness (QED) is 0.205. The maximum Gasteiger partial charge on any atom is 0.0207 e. The fourth-order valence-corrected chi connectivity index (χ4v) is 7.63. The Morgan fingerprint density at radius 2 is 1.05 bits per heavy atom. The first kappa shape index (κ1) is 23.5. The molecule has 0 N–H and O–H groups in total.